The average Bonchev–Trinajstić information content (AvgIpc) is 2.17. The van der Waals surface area contributed by atoms with E-state index in [2.05, 4.69) is 0 Å². The maximum Gasteiger partial charge on any atom is 0.336 e. The molecule has 0 saturated carbocycles. The van der Waals surface area contributed by atoms with Crippen LogP contribution in [0.1, 0.15) is 6.42 Å². The number of carboxylic acid groups (broad SMARTS) is 2. The summed E-state index contributed by atoms with van der Waals surface area (Å²) in [6.07, 6.45) is -0.430. The van der Waals surface area contributed by atoms with Gasteiger partial charge in [0.1, 0.15) is 12.0 Å². The van der Waals surface area contributed by atoms with Crippen molar-refractivity contribution in [2.45, 2.75) is 18.6 Å². The lowest BCUT2D eigenvalue weighted by Crippen LogP contribution is -2.30. The Morgan fingerprint density at radius 3 is 2.25 bits per heavy atom. The fourth-order valence-corrected chi connectivity index (χ4v) is 0.866. The molecule has 0 amide bonds. The molecule has 16 heavy (non-hydrogen) atoms. The molecule has 0 heterocycles. The first-order valence-corrected chi connectivity index (χ1v) is 4.19. The lowest BCUT2D eigenvalue weighted by Gasteiger charge is -2.07. The Morgan fingerprint density at radius 2 is 1.88 bits per heavy atom. The van der Waals surface area contributed by atoms with Gasteiger partial charge in [0.05, 0.1) is 0 Å². The van der Waals surface area contributed by atoms with Crippen molar-refractivity contribution < 1.29 is 29.7 Å². The third-order valence-electron chi connectivity index (χ3n) is 1.64. The van der Waals surface area contributed by atoms with Crippen LogP contribution in [-0.4, -0.2) is 45.3 Å². The Morgan fingerprint density at radius 1 is 1.31 bits per heavy atom. The Hall–Kier alpha value is -1.95. The number of aliphatic hydroxyl groups excluding tert-OH is 1. The monoisotopic (exact) mass is 229 g/mol. The first-order chi connectivity index (χ1) is 7.38. The summed E-state index contributed by atoms with van der Waals surface area (Å²) in [5, 5.41) is 25.8. The fourth-order valence-electron chi connectivity index (χ4n) is 0.866. The smallest absolute Gasteiger partial charge is 0.336 e. The molecule has 0 bridgehead atoms. The van der Waals surface area contributed by atoms with Gasteiger partial charge >= 0.3 is 11.9 Å². The number of nitrogens with two attached hydrogens (primary N) is 1. The molecular weight excluding hydrogens is 218 g/mol. The summed E-state index contributed by atoms with van der Waals surface area (Å²) in [7, 11) is 0. The molecular formula is C9H11NO6. The van der Waals surface area contributed by atoms with Gasteiger partial charge in [0.2, 0.25) is 0 Å². The van der Waals surface area contributed by atoms with Gasteiger partial charge in [0, 0.05) is 6.08 Å². The van der Waals surface area contributed by atoms with E-state index < -0.39 is 24.1 Å². The van der Waals surface area contributed by atoms with Crippen LogP contribution in [0.4, 0.5) is 0 Å². The SMILES string of the molecule is NC(C/C(C=C=O)=C/C(O)C(=O)O)C(=O)O. The highest BCUT2D eigenvalue weighted by Crippen LogP contribution is 2.07. The zero-order chi connectivity index (χ0) is 12.7. The molecule has 5 N–H and O–H groups in total. The van der Waals surface area contributed by atoms with Crippen LogP contribution < -0.4 is 5.73 Å². The minimum atomic E-state index is -1.82. The van der Waals surface area contributed by atoms with Crippen molar-refractivity contribution >= 4 is 17.9 Å². The van der Waals surface area contributed by atoms with Crippen LogP contribution in [0.2, 0.25) is 0 Å². The molecule has 7 heteroatoms. The highest BCUT2D eigenvalue weighted by Gasteiger charge is 2.16. The Labute approximate surface area is 90.5 Å². The van der Waals surface area contributed by atoms with Crippen molar-refractivity contribution in [1.29, 1.82) is 0 Å². The topological polar surface area (TPSA) is 138 Å². The van der Waals surface area contributed by atoms with E-state index in [9.17, 15) is 14.4 Å². The zero-order valence-corrected chi connectivity index (χ0v) is 8.16. The number of rotatable bonds is 6. The van der Waals surface area contributed by atoms with E-state index >= 15 is 0 Å². The van der Waals surface area contributed by atoms with Crippen molar-refractivity contribution in [3.05, 3.63) is 17.7 Å². The van der Waals surface area contributed by atoms with Gasteiger partial charge < -0.3 is 21.1 Å². The molecule has 7 nitrogen and oxygen atoms in total. The van der Waals surface area contributed by atoms with Crippen LogP contribution in [0.15, 0.2) is 17.7 Å². The van der Waals surface area contributed by atoms with Gasteiger partial charge in [-0.1, -0.05) is 0 Å². The number of carbonyl (C=O) groups is 2. The predicted octanol–water partition coefficient (Wildman–Crippen LogP) is -1.45. The molecule has 0 spiro atoms. The second-order valence-electron chi connectivity index (χ2n) is 2.94. The highest BCUT2D eigenvalue weighted by molar-refractivity contribution is 5.76. The highest BCUT2D eigenvalue weighted by atomic mass is 16.4. The summed E-state index contributed by atoms with van der Waals surface area (Å²) >= 11 is 0. The molecule has 0 aliphatic carbocycles. The van der Waals surface area contributed by atoms with Gasteiger partial charge in [-0.05, 0) is 18.1 Å². The number of allylic oxidation sites excluding steroid dienone is 1. The van der Waals surface area contributed by atoms with E-state index in [0.717, 1.165) is 12.2 Å². The molecule has 2 unspecified atom stereocenters. The second kappa shape index (κ2) is 6.52. The molecule has 0 aromatic rings. The molecule has 0 fully saturated rings. The molecule has 2 atom stereocenters. The Kier molecular flexibility index (Phi) is 5.72. The molecule has 88 valence electrons. The van der Waals surface area contributed by atoms with Crippen molar-refractivity contribution in [3.8, 4) is 0 Å². The predicted molar refractivity (Wildman–Crippen MR) is 52.2 cm³/mol. The van der Waals surface area contributed by atoms with E-state index in [1.54, 1.807) is 0 Å². The average molecular weight is 229 g/mol. The number of hydrogen-bond acceptors (Lipinski definition) is 5. The van der Waals surface area contributed by atoms with Gasteiger partial charge in [0.25, 0.3) is 0 Å². The molecule has 0 radical (unpaired) electrons. The van der Waals surface area contributed by atoms with Gasteiger partial charge in [-0.15, -0.1) is 0 Å². The summed E-state index contributed by atoms with van der Waals surface area (Å²) in [5.41, 5.74) is 5.18. The molecule has 0 aromatic carbocycles. The summed E-state index contributed by atoms with van der Waals surface area (Å²) in [6.45, 7) is 0. The van der Waals surface area contributed by atoms with Crippen LogP contribution in [-0.2, 0) is 14.4 Å². The van der Waals surface area contributed by atoms with Crippen LogP contribution in [0.3, 0.4) is 0 Å². The summed E-state index contributed by atoms with van der Waals surface area (Å²) in [5.74, 6) is -1.45. The van der Waals surface area contributed by atoms with Crippen molar-refractivity contribution in [2.24, 2.45) is 5.73 Å². The molecule has 0 aromatic heterocycles. The van der Waals surface area contributed by atoms with Crippen molar-refractivity contribution in [2.75, 3.05) is 0 Å². The van der Waals surface area contributed by atoms with Crippen LogP contribution in [0.5, 0.6) is 0 Å². The molecule has 0 aliphatic rings. The largest absolute Gasteiger partial charge is 0.480 e. The Balaban J connectivity index is 4.80. The van der Waals surface area contributed by atoms with Gasteiger partial charge in [-0.2, -0.15) is 0 Å². The first-order valence-electron chi connectivity index (χ1n) is 4.19. The number of aliphatic hydroxyl groups is 1. The van der Waals surface area contributed by atoms with E-state index in [1.807, 2.05) is 0 Å². The number of carboxylic acids is 2. The maximum atomic E-state index is 10.4. The lowest BCUT2D eigenvalue weighted by atomic mass is 10.1. The number of carbonyl (C=O) groups excluding carboxylic acids is 1. The fraction of sp³-hybridized carbons (Fsp3) is 0.333. The zero-order valence-electron chi connectivity index (χ0n) is 8.16. The summed E-state index contributed by atoms with van der Waals surface area (Å²) in [6, 6.07) is -1.28. The molecule has 0 aliphatic heterocycles. The van der Waals surface area contributed by atoms with Crippen molar-refractivity contribution in [1.82, 2.24) is 0 Å². The summed E-state index contributed by atoms with van der Waals surface area (Å²) < 4.78 is 0. The maximum absolute atomic E-state index is 10.4. The molecule has 0 saturated heterocycles. The van der Waals surface area contributed by atoms with Gasteiger partial charge in [0.15, 0.2) is 6.10 Å². The van der Waals surface area contributed by atoms with Crippen LogP contribution in [0, 0.1) is 0 Å². The van der Waals surface area contributed by atoms with Crippen molar-refractivity contribution in [3.63, 3.8) is 0 Å². The van der Waals surface area contributed by atoms with Gasteiger partial charge in [-0.3, -0.25) is 4.79 Å². The molecule has 0 rings (SSSR count). The first kappa shape index (κ1) is 14.1. The minimum Gasteiger partial charge on any atom is -0.480 e. The minimum absolute atomic E-state index is 0.000185. The normalized spacial score (nSPS) is 14.8. The lowest BCUT2D eigenvalue weighted by molar-refractivity contribution is -0.144. The van der Waals surface area contributed by atoms with E-state index in [0.29, 0.717) is 0 Å². The number of hydrogen-bond donors (Lipinski definition) is 4. The third kappa shape index (κ3) is 5.06. The standard InChI is InChI=1S/C9H11NO6/c10-6(8(13)14)3-5(1-2-11)4-7(12)9(15)16/h1,4,6-7,12H,3,10H2,(H,13,14)(H,15,16)/b5-4+. The number of aliphatic carboxylic acids is 2. The van der Waals surface area contributed by atoms with Gasteiger partial charge in [-0.25, -0.2) is 9.59 Å². The summed E-state index contributed by atoms with van der Waals surface area (Å²) in [4.78, 5) is 30.8. The third-order valence-corrected chi connectivity index (χ3v) is 1.64. The van der Waals surface area contributed by atoms with Crippen LogP contribution in [0.25, 0.3) is 0 Å². The second-order valence-corrected chi connectivity index (χ2v) is 2.94. The van der Waals surface area contributed by atoms with E-state index in [4.69, 9.17) is 21.1 Å². The quantitative estimate of drug-likeness (QED) is 0.322. The van der Waals surface area contributed by atoms with E-state index in [-0.39, 0.29) is 12.0 Å². The van der Waals surface area contributed by atoms with Crippen LogP contribution >= 0.6 is 0 Å². The Bertz CT molecular complexity index is 355. The van der Waals surface area contributed by atoms with E-state index in [1.165, 1.54) is 5.94 Å².